The Hall–Kier alpha value is -3.44. The topological polar surface area (TPSA) is 92.1 Å². The highest BCUT2D eigenvalue weighted by molar-refractivity contribution is 7.99. The van der Waals surface area contributed by atoms with Crippen LogP contribution in [-0.4, -0.2) is 53.1 Å². The summed E-state index contributed by atoms with van der Waals surface area (Å²) in [7, 11) is 0. The normalized spacial score (nSPS) is 19.4. The molecule has 0 saturated carbocycles. The van der Waals surface area contributed by atoms with E-state index < -0.39 is 29.9 Å². The number of aliphatic hydroxyl groups excluding tert-OH is 1. The first kappa shape index (κ1) is 24.3. The zero-order valence-corrected chi connectivity index (χ0v) is 19.6. The quantitative estimate of drug-likeness (QED) is 0.502. The molecule has 0 amide bonds. The second kappa shape index (κ2) is 9.55. The average molecular weight is 519 g/mol. The summed E-state index contributed by atoms with van der Waals surface area (Å²) in [5, 5.41) is 19.4. The molecule has 0 aliphatic carbocycles. The van der Waals surface area contributed by atoms with E-state index in [9.17, 15) is 28.2 Å². The lowest BCUT2D eigenvalue weighted by atomic mass is 10.0. The van der Waals surface area contributed by atoms with Crippen LogP contribution in [0.1, 0.15) is 12.0 Å². The molecule has 7 nitrogen and oxygen atoms in total. The Bertz CT molecular complexity index is 1300. The Kier molecular flexibility index (Phi) is 6.44. The molecule has 2 N–H and O–H groups in total. The summed E-state index contributed by atoms with van der Waals surface area (Å²) in [4.78, 5) is 17.8. The smallest absolute Gasteiger partial charge is 0.417 e. The summed E-state index contributed by atoms with van der Waals surface area (Å²) in [6.45, 7) is 0.874. The molecular weight excluding hydrogens is 497 g/mol. The van der Waals surface area contributed by atoms with Crippen molar-refractivity contribution in [1.29, 1.82) is 0 Å². The first-order chi connectivity index (χ1) is 17.2. The number of ether oxygens (including phenoxy) is 2. The first-order valence-corrected chi connectivity index (χ1v) is 11.9. The number of aliphatic carboxylic acids is 1. The van der Waals surface area contributed by atoms with Crippen molar-refractivity contribution < 1.29 is 37.7 Å². The van der Waals surface area contributed by atoms with Crippen molar-refractivity contribution in [2.24, 2.45) is 0 Å². The molecule has 2 aliphatic rings. The van der Waals surface area contributed by atoms with E-state index in [4.69, 9.17) is 9.47 Å². The van der Waals surface area contributed by atoms with Crippen LogP contribution in [0, 0.1) is 0 Å². The predicted octanol–water partition coefficient (Wildman–Crippen LogP) is 4.71. The lowest BCUT2D eigenvalue weighted by Gasteiger charge is -2.23. The monoisotopic (exact) mass is 518 g/mol. The second-order valence-electron chi connectivity index (χ2n) is 8.41. The minimum absolute atomic E-state index is 0.0332. The fourth-order valence-corrected chi connectivity index (χ4v) is 5.27. The van der Waals surface area contributed by atoms with Crippen molar-refractivity contribution in [2.75, 3.05) is 24.7 Å². The number of pyridine rings is 1. The number of benzene rings is 2. The largest absolute Gasteiger partial charge is 0.486 e. The Balaban J connectivity index is 1.47. The third kappa shape index (κ3) is 4.93. The molecule has 11 heteroatoms. The predicted molar refractivity (Wildman–Crippen MR) is 126 cm³/mol. The van der Waals surface area contributed by atoms with Gasteiger partial charge in [-0.15, -0.1) is 0 Å². The van der Waals surface area contributed by atoms with E-state index in [-0.39, 0.29) is 23.7 Å². The van der Waals surface area contributed by atoms with Crippen LogP contribution in [0.4, 0.5) is 19.0 Å². The second-order valence-corrected chi connectivity index (χ2v) is 9.53. The van der Waals surface area contributed by atoms with Crippen LogP contribution in [-0.2, 0) is 11.0 Å². The van der Waals surface area contributed by atoms with E-state index in [0.29, 0.717) is 40.7 Å². The number of carboxylic acids is 1. The highest BCUT2D eigenvalue weighted by Crippen LogP contribution is 2.43. The number of β-amino-alcohol motifs (C(OH)–C–C–N with tert-alkyl or cyclic N) is 1. The molecule has 0 bridgehead atoms. The number of carboxylic acid groups (broad SMARTS) is 1. The van der Waals surface area contributed by atoms with Crippen molar-refractivity contribution >= 4 is 23.5 Å². The number of rotatable bonds is 5. The fraction of sp³-hybridized carbons (Fsp3) is 0.280. The number of hydrogen-bond donors (Lipinski definition) is 2. The van der Waals surface area contributed by atoms with E-state index in [1.165, 1.54) is 23.2 Å². The van der Waals surface area contributed by atoms with Gasteiger partial charge in [0.1, 0.15) is 25.1 Å². The molecule has 0 unspecified atom stereocenters. The minimum Gasteiger partial charge on any atom is -0.486 e. The Morgan fingerprint density at radius 3 is 2.53 bits per heavy atom. The van der Waals surface area contributed by atoms with Crippen molar-refractivity contribution in [3.05, 3.63) is 60.3 Å². The number of aliphatic hydroxyl groups is 1. The van der Waals surface area contributed by atoms with Gasteiger partial charge in [0.2, 0.25) is 0 Å². The Labute approximate surface area is 208 Å². The molecule has 2 aromatic carbocycles. The maximum atomic E-state index is 14.1. The molecule has 1 fully saturated rings. The summed E-state index contributed by atoms with van der Waals surface area (Å²) in [6.07, 6.45) is -3.97. The molecule has 36 heavy (non-hydrogen) atoms. The van der Waals surface area contributed by atoms with Crippen molar-refractivity contribution in [2.45, 2.75) is 34.5 Å². The molecule has 188 valence electrons. The summed E-state index contributed by atoms with van der Waals surface area (Å²) in [6, 6.07) is 11.2. The van der Waals surface area contributed by atoms with Crippen LogP contribution in [0.25, 0.3) is 11.1 Å². The molecule has 2 atom stereocenters. The van der Waals surface area contributed by atoms with E-state index in [2.05, 4.69) is 4.98 Å². The SMILES string of the molecule is O=C(O)[C@H]1C[C@@H](O)CN1c1cc(-c2ccc(Sc3ccc4c(c3)OCCO4)c(C(F)(F)F)c2)ccn1. The number of fused-ring (bicyclic) bond motifs is 1. The summed E-state index contributed by atoms with van der Waals surface area (Å²) >= 11 is 0.976. The molecular formula is C25H21F3N2O5S. The fourth-order valence-electron chi connectivity index (χ4n) is 4.29. The number of alkyl halides is 3. The van der Waals surface area contributed by atoms with Gasteiger partial charge in [-0.1, -0.05) is 17.8 Å². The summed E-state index contributed by atoms with van der Waals surface area (Å²) < 4.78 is 53.2. The highest BCUT2D eigenvalue weighted by Gasteiger charge is 2.37. The standard InChI is InChI=1S/C25H21F3N2O5S/c26-25(27,28)18-9-14(1-4-22(18)36-17-2-3-20-21(12-17)35-8-7-34-20)15-5-6-29-23(10-15)30-13-16(31)11-19(30)24(32)33/h1-6,9-10,12,16,19,31H,7-8,11,13H2,(H,32,33)/t16-,19-/m1/s1. The lowest BCUT2D eigenvalue weighted by molar-refractivity contribution is -0.140. The summed E-state index contributed by atoms with van der Waals surface area (Å²) in [5.41, 5.74) is -0.0331. The number of hydrogen-bond acceptors (Lipinski definition) is 7. The van der Waals surface area contributed by atoms with Crippen LogP contribution in [0.2, 0.25) is 0 Å². The average Bonchev–Trinajstić information content (AvgIpc) is 3.26. The van der Waals surface area contributed by atoms with Gasteiger partial charge in [-0.05, 0) is 53.6 Å². The third-order valence-corrected chi connectivity index (χ3v) is 7.03. The molecule has 3 aromatic rings. The van der Waals surface area contributed by atoms with E-state index in [0.717, 1.165) is 17.8 Å². The lowest BCUT2D eigenvalue weighted by Crippen LogP contribution is -2.36. The van der Waals surface area contributed by atoms with Crippen LogP contribution < -0.4 is 14.4 Å². The number of carbonyl (C=O) groups is 1. The van der Waals surface area contributed by atoms with E-state index in [1.54, 1.807) is 30.3 Å². The van der Waals surface area contributed by atoms with Gasteiger partial charge in [-0.25, -0.2) is 9.78 Å². The van der Waals surface area contributed by atoms with Crippen LogP contribution >= 0.6 is 11.8 Å². The molecule has 0 spiro atoms. The van der Waals surface area contributed by atoms with Crippen molar-refractivity contribution in [3.8, 4) is 22.6 Å². The van der Waals surface area contributed by atoms with Gasteiger partial charge in [0.15, 0.2) is 11.5 Å². The van der Waals surface area contributed by atoms with Gasteiger partial charge in [0, 0.05) is 29.0 Å². The third-order valence-electron chi connectivity index (χ3n) is 5.96. The zero-order valence-electron chi connectivity index (χ0n) is 18.7. The van der Waals surface area contributed by atoms with E-state index in [1.807, 2.05) is 0 Å². The van der Waals surface area contributed by atoms with Crippen molar-refractivity contribution in [3.63, 3.8) is 0 Å². The minimum atomic E-state index is -4.60. The first-order valence-electron chi connectivity index (χ1n) is 11.1. The van der Waals surface area contributed by atoms with Crippen LogP contribution in [0.15, 0.2) is 64.5 Å². The molecule has 1 aromatic heterocycles. The molecule has 3 heterocycles. The van der Waals surface area contributed by atoms with Gasteiger partial charge in [0.25, 0.3) is 0 Å². The van der Waals surface area contributed by atoms with E-state index >= 15 is 0 Å². The Morgan fingerprint density at radius 2 is 1.78 bits per heavy atom. The van der Waals surface area contributed by atoms with Crippen LogP contribution in [0.3, 0.4) is 0 Å². The molecule has 5 rings (SSSR count). The van der Waals surface area contributed by atoms with Crippen LogP contribution in [0.5, 0.6) is 11.5 Å². The highest BCUT2D eigenvalue weighted by atomic mass is 32.2. The van der Waals surface area contributed by atoms with Gasteiger partial charge in [-0.2, -0.15) is 13.2 Å². The molecule has 0 radical (unpaired) electrons. The number of halogens is 3. The van der Waals surface area contributed by atoms with Crippen molar-refractivity contribution in [1.82, 2.24) is 4.98 Å². The zero-order chi connectivity index (χ0) is 25.4. The molecule has 1 saturated heterocycles. The van der Waals surface area contributed by atoms with Gasteiger partial charge in [-0.3, -0.25) is 0 Å². The van der Waals surface area contributed by atoms with Gasteiger partial charge in [0.05, 0.1) is 11.7 Å². The molecule has 2 aliphatic heterocycles. The number of anilines is 1. The maximum absolute atomic E-state index is 14.1. The van der Waals surface area contributed by atoms with Gasteiger partial charge < -0.3 is 24.6 Å². The Morgan fingerprint density at radius 1 is 1.03 bits per heavy atom. The van der Waals surface area contributed by atoms with Gasteiger partial charge >= 0.3 is 12.1 Å². The number of aromatic nitrogens is 1. The number of nitrogens with zero attached hydrogens (tertiary/aromatic N) is 2. The maximum Gasteiger partial charge on any atom is 0.417 e. The summed E-state index contributed by atoms with van der Waals surface area (Å²) in [5.74, 6) is 0.229.